The molecule has 0 amide bonds. The first-order chi connectivity index (χ1) is 11.4. The van der Waals surface area contributed by atoms with Crippen molar-refractivity contribution in [2.24, 2.45) is 0 Å². The van der Waals surface area contributed by atoms with E-state index in [0.717, 1.165) is 7.14 Å². The van der Waals surface area contributed by atoms with Crippen LogP contribution in [0.25, 0.3) is 0 Å². The van der Waals surface area contributed by atoms with E-state index in [1.165, 1.54) is 39.5 Å². The van der Waals surface area contributed by atoms with Crippen LogP contribution in [0.15, 0.2) is 36.4 Å². The summed E-state index contributed by atoms with van der Waals surface area (Å²) in [5.41, 5.74) is 0. The predicted molar refractivity (Wildman–Crippen MR) is 76.6 cm³/mol. The van der Waals surface area contributed by atoms with Gasteiger partial charge in [-0.3, -0.25) is 0 Å². The molecule has 0 N–H and O–H groups in total. The lowest BCUT2D eigenvalue weighted by Gasteiger charge is -2.09. The summed E-state index contributed by atoms with van der Waals surface area (Å²) in [7, 11) is 4.57. The van der Waals surface area contributed by atoms with E-state index in [9.17, 15) is 13.2 Å². The highest BCUT2D eigenvalue weighted by molar-refractivity contribution is 5.41. The van der Waals surface area contributed by atoms with Gasteiger partial charge < -0.3 is 18.9 Å². The molecule has 2 aromatic rings. The molecular formula is C16H15F3IO4+. The zero-order chi connectivity index (χ0) is 17.7. The Morgan fingerprint density at radius 2 is 1.46 bits per heavy atom. The number of rotatable bonds is 6. The number of hydrogen-bond donors (Lipinski definition) is 0. The molecule has 0 aromatic heterocycles. The van der Waals surface area contributed by atoms with Gasteiger partial charge in [-0.25, -0.2) is 0 Å². The fourth-order valence-corrected chi connectivity index (χ4v) is 4.64. The lowest BCUT2D eigenvalue weighted by Crippen LogP contribution is -3.61. The Bertz CT molecular complexity index is 679. The van der Waals surface area contributed by atoms with Crippen LogP contribution in [0.4, 0.5) is 13.2 Å². The molecule has 8 heteroatoms. The summed E-state index contributed by atoms with van der Waals surface area (Å²) in [6, 6.07) is 9.35. The molecule has 0 fully saturated rings. The van der Waals surface area contributed by atoms with Gasteiger partial charge in [-0.15, -0.1) is 13.2 Å². The Morgan fingerprint density at radius 3 is 1.96 bits per heavy atom. The van der Waals surface area contributed by atoms with Crippen molar-refractivity contribution < 1.29 is 53.3 Å². The Balaban J connectivity index is 2.35. The normalized spacial score (nSPS) is 11.1. The summed E-state index contributed by atoms with van der Waals surface area (Å²) in [6.45, 7) is 0. The van der Waals surface area contributed by atoms with Crippen molar-refractivity contribution in [1.82, 2.24) is 0 Å². The summed E-state index contributed by atoms with van der Waals surface area (Å²) in [5.74, 6) is 1.47. The molecule has 0 bridgehead atoms. The van der Waals surface area contributed by atoms with Crippen molar-refractivity contribution in [3.8, 4) is 23.0 Å². The van der Waals surface area contributed by atoms with Crippen LogP contribution in [0.5, 0.6) is 23.0 Å². The van der Waals surface area contributed by atoms with Gasteiger partial charge in [0.05, 0.1) is 21.3 Å². The highest BCUT2D eigenvalue weighted by atomic mass is 127. The quantitative estimate of drug-likeness (QED) is 0.603. The average molecular weight is 455 g/mol. The van der Waals surface area contributed by atoms with Crippen molar-refractivity contribution in [3.63, 3.8) is 0 Å². The number of methoxy groups -OCH3 is 3. The fourth-order valence-electron chi connectivity index (χ4n) is 1.89. The minimum atomic E-state index is -4.72. The third-order valence-corrected chi connectivity index (χ3v) is 5.78. The number of hydrogen-bond acceptors (Lipinski definition) is 4. The van der Waals surface area contributed by atoms with E-state index in [1.807, 2.05) is 0 Å². The molecule has 130 valence electrons. The smallest absolute Gasteiger partial charge is 0.496 e. The van der Waals surface area contributed by atoms with E-state index in [1.54, 1.807) is 18.2 Å². The molecule has 0 unspecified atom stereocenters. The Labute approximate surface area is 147 Å². The maximum atomic E-state index is 12.4. The molecule has 2 aromatic carbocycles. The van der Waals surface area contributed by atoms with Crippen LogP contribution in [0.1, 0.15) is 0 Å². The SMILES string of the molecule is COc1cc(OC)c([I+]c2cccc(OC(F)(F)F)c2)c(OC)c1. The molecule has 0 saturated heterocycles. The first-order valence-corrected chi connectivity index (χ1v) is 8.82. The van der Waals surface area contributed by atoms with Gasteiger partial charge in [-0.2, -0.15) is 0 Å². The molecule has 0 aliphatic heterocycles. The van der Waals surface area contributed by atoms with E-state index in [0.29, 0.717) is 17.2 Å². The van der Waals surface area contributed by atoms with Crippen LogP contribution in [-0.2, 0) is 0 Å². The van der Waals surface area contributed by atoms with Gasteiger partial charge in [-0.05, 0) is 12.1 Å². The van der Waals surface area contributed by atoms with Crippen LogP contribution in [0.3, 0.4) is 0 Å². The Kier molecular flexibility index (Phi) is 6.03. The van der Waals surface area contributed by atoms with Crippen molar-refractivity contribution >= 4 is 0 Å². The van der Waals surface area contributed by atoms with Gasteiger partial charge in [-0.1, -0.05) is 6.07 Å². The molecule has 0 spiro atoms. The summed E-state index contributed by atoms with van der Waals surface area (Å²) in [4.78, 5) is 0. The van der Waals surface area contributed by atoms with Crippen molar-refractivity contribution in [1.29, 1.82) is 0 Å². The van der Waals surface area contributed by atoms with E-state index in [2.05, 4.69) is 4.74 Å². The Morgan fingerprint density at radius 1 is 0.833 bits per heavy atom. The highest BCUT2D eigenvalue weighted by Crippen LogP contribution is 2.27. The van der Waals surface area contributed by atoms with Crippen LogP contribution >= 0.6 is 0 Å². The molecule has 2 rings (SSSR count). The molecule has 0 saturated carbocycles. The molecule has 0 aliphatic rings. The largest absolute Gasteiger partial charge is 0.573 e. The molecule has 0 heterocycles. The first kappa shape index (κ1) is 18.5. The van der Waals surface area contributed by atoms with Crippen molar-refractivity contribution in [3.05, 3.63) is 43.5 Å². The Hall–Kier alpha value is -1.84. The first-order valence-electron chi connectivity index (χ1n) is 6.67. The van der Waals surface area contributed by atoms with Crippen LogP contribution in [-0.4, -0.2) is 27.7 Å². The number of halogens is 4. The summed E-state index contributed by atoms with van der Waals surface area (Å²) >= 11 is -0.858. The summed E-state index contributed by atoms with van der Waals surface area (Å²) in [5, 5.41) is 0. The van der Waals surface area contributed by atoms with Crippen molar-refractivity contribution in [2.45, 2.75) is 6.36 Å². The van der Waals surface area contributed by atoms with E-state index in [4.69, 9.17) is 14.2 Å². The number of ether oxygens (including phenoxy) is 4. The topological polar surface area (TPSA) is 36.9 Å². The zero-order valence-corrected chi connectivity index (χ0v) is 15.3. The van der Waals surface area contributed by atoms with Crippen LogP contribution in [0.2, 0.25) is 0 Å². The minimum absolute atomic E-state index is 0.244. The lowest BCUT2D eigenvalue weighted by molar-refractivity contribution is -0.598. The number of alkyl halides is 3. The van der Waals surface area contributed by atoms with Gasteiger partial charge >= 0.3 is 27.6 Å². The van der Waals surface area contributed by atoms with Crippen LogP contribution < -0.4 is 40.2 Å². The third kappa shape index (κ3) is 4.83. The fraction of sp³-hybridized carbons (Fsp3) is 0.250. The maximum Gasteiger partial charge on any atom is 0.573 e. The molecule has 0 atom stereocenters. The van der Waals surface area contributed by atoms with Gasteiger partial charge in [0, 0.05) is 18.2 Å². The molecule has 24 heavy (non-hydrogen) atoms. The van der Waals surface area contributed by atoms with E-state index in [-0.39, 0.29) is 5.75 Å². The summed E-state index contributed by atoms with van der Waals surface area (Å²) in [6.07, 6.45) is -4.72. The molecule has 4 nitrogen and oxygen atoms in total. The average Bonchev–Trinajstić information content (AvgIpc) is 2.53. The zero-order valence-electron chi connectivity index (χ0n) is 13.1. The molecule has 0 radical (unpaired) electrons. The van der Waals surface area contributed by atoms with Gasteiger partial charge in [0.1, 0.15) is 11.5 Å². The summed E-state index contributed by atoms with van der Waals surface area (Å²) < 4.78 is 58.5. The van der Waals surface area contributed by atoms with E-state index < -0.39 is 27.6 Å². The van der Waals surface area contributed by atoms with Gasteiger partial charge in [0.2, 0.25) is 0 Å². The second-order valence-electron chi connectivity index (χ2n) is 4.45. The predicted octanol–water partition coefficient (Wildman–Crippen LogP) is 0.739. The van der Waals surface area contributed by atoms with E-state index >= 15 is 0 Å². The standard InChI is InChI=1S/C16H15F3IO4/c1-21-12-8-13(22-2)15(14(9-12)23-3)20-10-5-4-6-11(7-10)24-16(17,18)19/h4-9H,1-3H3/q+1. The lowest BCUT2D eigenvalue weighted by atomic mass is 10.3. The second kappa shape index (κ2) is 7.82. The maximum absolute atomic E-state index is 12.4. The van der Waals surface area contributed by atoms with Gasteiger partial charge in [0.25, 0.3) is 3.57 Å². The van der Waals surface area contributed by atoms with Crippen LogP contribution in [0, 0.1) is 7.14 Å². The minimum Gasteiger partial charge on any atom is -0.496 e. The third-order valence-electron chi connectivity index (χ3n) is 2.89. The van der Waals surface area contributed by atoms with Gasteiger partial charge in [0.15, 0.2) is 15.1 Å². The molecule has 0 aliphatic carbocycles. The van der Waals surface area contributed by atoms with Crippen molar-refractivity contribution in [2.75, 3.05) is 21.3 Å². The second-order valence-corrected chi connectivity index (χ2v) is 7.31. The number of benzene rings is 2. The molecular weight excluding hydrogens is 440 g/mol. The highest BCUT2D eigenvalue weighted by Gasteiger charge is 2.33. The monoisotopic (exact) mass is 455 g/mol.